The minimum atomic E-state index is -0.588. The van der Waals surface area contributed by atoms with Crippen molar-refractivity contribution in [1.82, 2.24) is 14.7 Å². The summed E-state index contributed by atoms with van der Waals surface area (Å²) < 4.78 is 17.6. The van der Waals surface area contributed by atoms with Crippen molar-refractivity contribution in [1.29, 1.82) is 0 Å². The molecule has 0 aliphatic carbocycles. The van der Waals surface area contributed by atoms with E-state index in [1.807, 2.05) is 11.6 Å². The predicted octanol–water partition coefficient (Wildman–Crippen LogP) is 3.76. The molecular weight excluding hydrogens is 420 g/mol. The fraction of sp³-hybridized carbons (Fsp3) is 0.143. The number of nitrogens with zero attached hydrogens (tertiary/aromatic N) is 3. The molecule has 31 heavy (non-hydrogen) atoms. The average molecular weight is 438 g/mol. The second kappa shape index (κ2) is 9.35. The van der Waals surface area contributed by atoms with Gasteiger partial charge in [-0.15, -0.1) is 0 Å². The Morgan fingerprint density at radius 3 is 2.84 bits per heavy atom. The van der Waals surface area contributed by atoms with Crippen molar-refractivity contribution < 1.29 is 23.3 Å². The third-order valence-electron chi connectivity index (χ3n) is 4.20. The molecule has 4 rings (SSSR count). The molecule has 4 aromatic rings. The Morgan fingerprint density at radius 2 is 2.06 bits per heavy atom. The number of thioether (sulfide) groups is 1. The molecule has 9 nitrogen and oxygen atoms in total. The summed E-state index contributed by atoms with van der Waals surface area (Å²) in [6.45, 7) is -0.0830. The Bertz CT molecular complexity index is 1180. The van der Waals surface area contributed by atoms with Gasteiger partial charge in [0.1, 0.15) is 12.3 Å². The van der Waals surface area contributed by atoms with Crippen molar-refractivity contribution in [3.8, 4) is 11.5 Å². The Hall–Kier alpha value is -3.79. The number of imidazole rings is 1. The van der Waals surface area contributed by atoms with Crippen molar-refractivity contribution in [2.75, 3.05) is 11.1 Å². The summed E-state index contributed by atoms with van der Waals surface area (Å²) in [7, 11) is 1.85. The smallest absolute Gasteiger partial charge is 0.340 e. The zero-order valence-electron chi connectivity index (χ0n) is 16.5. The number of nitrogens with one attached hydrogen (secondary N) is 1. The molecule has 3 aromatic heterocycles. The van der Waals surface area contributed by atoms with Crippen LogP contribution in [-0.4, -0.2) is 32.3 Å². The van der Waals surface area contributed by atoms with Gasteiger partial charge in [-0.3, -0.25) is 4.79 Å². The Labute approximate surface area is 181 Å². The van der Waals surface area contributed by atoms with Crippen LogP contribution in [0.25, 0.3) is 11.5 Å². The highest BCUT2D eigenvalue weighted by Gasteiger charge is 2.17. The molecular formula is C21H18N4O5S. The maximum atomic E-state index is 12.6. The van der Waals surface area contributed by atoms with Gasteiger partial charge in [0.15, 0.2) is 10.9 Å². The van der Waals surface area contributed by atoms with Gasteiger partial charge < -0.3 is 23.6 Å². The van der Waals surface area contributed by atoms with Gasteiger partial charge in [-0.1, -0.05) is 29.1 Å². The lowest BCUT2D eigenvalue weighted by Gasteiger charge is -2.10. The number of aromatic nitrogens is 3. The molecule has 0 saturated heterocycles. The molecule has 158 valence electrons. The zero-order chi connectivity index (χ0) is 21.6. The fourth-order valence-corrected chi connectivity index (χ4v) is 3.44. The topological polar surface area (TPSA) is 112 Å². The number of carbonyl (C=O) groups is 2. The third-order valence-corrected chi connectivity index (χ3v) is 5.26. The number of benzene rings is 1. The number of carbonyl (C=O) groups excluding carboxylic acids is 2. The molecule has 10 heteroatoms. The third kappa shape index (κ3) is 5.04. The number of esters is 1. The first-order chi connectivity index (χ1) is 15.1. The van der Waals surface area contributed by atoms with E-state index in [9.17, 15) is 9.59 Å². The fourth-order valence-electron chi connectivity index (χ4n) is 2.71. The van der Waals surface area contributed by atoms with Gasteiger partial charge in [-0.25, -0.2) is 9.78 Å². The zero-order valence-corrected chi connectivity index (χ0v) is 17.3. The maximum Gasteiger partial charge on any atom is 0.340 e. The molecule has 0 saturated carbocycles. The van der Waals surface area contributed by atoms with Crippen LogP contribution in [0.1, 0.15) is 16.1 Å². The minimum Gasteiger partial charge on any atom is -0.461 e. The molecule has 0 bridgehead atoms. The molecule has 0 radical (unpaired) electrons. The van der Waals surface area contributed by atoms with Crippen LogP contribution in [0.15, 0.2) is 75.2 Å². The summed E-state index contributed by atoms with van der Waals surface area (Å²) in [5, 5.41) is 7.35. The SMILES string of the molecule is Cn1ccnc1SCC(=O)Nc1ccccc1C(=O)OCc1cc(-c2ccco2)on1. The molecule has 0 fully saturated rings. The van der Waals surface area contributed by atoms with Crippen molar-refractivity contribution in [3.05, 3.63) is 72.4 Å². The molecule has 0 atom stereocenters. The van der Waals surface area contributed by atoms with Crippen molar-refractivity contribution in [3.63, 3.8) is 0 Å². The highest BCUT2D eigenvalue weighted by Crippen LogP contribution is 2.22. The summed E-state index contributed by atoms with van der Waals surface area (Å²) in [6.07, 6.45) is 4.99. The predicted molar refractivity (Wildman–Crippen MR) is 112 cm³/mol. The van der Waals surface area contributed by atoms with Crippen molar-refractivity contribution in [2.24, 2.45) is 7.05 Å². The molecule has 1 aromatic carbocycles. The van der Waals surface area contributed by atoms with Gasteiger partial charge in [0.2, 0.25) is 11.7 Å². The summed E-state index contributed by atoms with van der Waals surface area (Å²) in [6, 6.07) is 11.8. The van der Waals surface area contributed by atoms with Crippen LogP contribution >= 0.6 is 11.8 Å². The number of anilines is 1. The van der Waals surface area contributed by atoms with E-state index in [1.54, 1.807) is 54.9 Å². The largest absolute Gasteiger partial charge is 0.461 e. The van der Waals surface area contributed by atoms with Gasteiger partial charge in [0.05, 0.1) is 23.3 Å². The van der Waals surface area contributed by atoms with E-state index >= 15 is 0 Å². The van der Waals surface area contributed by atoms with Crippen LogP contribution < -0.4 is 5.32 Å². The summed E-state index contributed by atoms with van der Waals surface area (Å²) in [4.78, 5) is 29.1. The first-order valence-corrected chi connectivity index (χ1v) is 10.2. The van der Waals surface area contributed by atoms with Crippen LogP contribution in [0.2, 0.25) is 0 Å². The van der Waals surface area contributed by atoms with E-state index in [0.717, 1.165) is 5.16 Å². The molecule has 0 aliphatic heterocycles. The van der Waals surface area contributed by atoms with Gasteiger partial charge >= 0.3 is 5.97 Å². The van der Waals surface area contributed by atoms with E-state index in [4.69, 9.17) is 13.7 Å². The molecule has 0 aliphatic rings. The summed E-state index contributed by atoms with van der Waals surface area (Å²) in [5.41, 5.74) is 1.05. The van der Waals surface area contributed by atoms with Crippen LogP contribution in [-0.2, 0) is 23.2 Å². The van der Waals surface area contributed by atoms with E-state index < -0.39 is 5.97 Å². The lowest BCUT2D eigenvalue weighted by atomic mass is 10.2. The highest BCUT2D eigenvalue weighted by molar-refractivity contribution is 7.99. The summed E-state index contributed by atoms with van der Waals surface area (Å²) in [5.74, 6) is 0.279. The first kappa shape index (κ1) is 20.5. The van der Waals surface area contributed by atoms with Gasteiger partial charge in [-0.2, -0.15) is 0 Å². The second-order valence-corrected chi connectivity index (χ2v) is 7.38. The van der Waals surface area contributed by atoms with Crippen LogP contribution in [0.5, 0.6) is 0 Å². The number of hydrogen-bond acceptors (Lipinski definition) is 8. The minimum absolute atomic E-state index is 0.0830. The van der Waals surface area contributed by atoms with E-state index in [2.05, 4.69) is 15.5 Å². The number of para-hydroxylation sites is 1. The number of hydrogen-bond donors (Lipinski definition) is 1. The number of furan rings is 1. The van der Waals surface area contributed by atoms with Crippen molar-refractivity contribution in [2.45, 2.75) is 11.8 Å². The van der Waals surface area contributed by atoms with E-state index in [-0.39, 0.29) is 23.8 Å². The van der Waals surface area contributed by atoms with Crippen molar-refractivity contribution >= 4 is 29.3 Å². The quantitative estimate of drug-likeness (QED) is 0.327. The van der Waals surface area contributed by atoms with E-state index in [0.29, 0.717) is 22.9 Å². The molecule has 1 amide bonds. The Morgan fingerprint density at radius 1 is 1.19 bits per heavy atom. The molecule has 3 heterocycles. The molecule has 1 N–H and O–H groups in total. The number of aryl methyl sites for hydroxylation is 1. The number of amides is 1. The first-order valence-electron chi connectivity index (χ1n) is 9.26. The Balaban J connectivity index is 1.35. The normalized spacial score (nSPS) is 10.7. The maximum absolute atomic E-state index is 12.6. The monoisotopic (exact) mass is 438 g/mol. The lowest BCUT2D eigenvalue weighted by Crippen LogP contribution is -2.17. The molecule has 0 spiro atoms. The standard InChI is InChI=1S/C21H18N4O5S/c1-25-9-8-22-21(25)31-13-19(26)23-16-6-3-2-5-15(16)20(27)29-12-14-11-18(30-24-14)17-7-4-10-28-17/h2-11H,12-13H2,1H3,(H,23,26). The highest BCUT2D eigenvalue weighted by atomic mass is 32.2. The van der Waals surface area contributed by atoms with Gasteiger partial charge in [0.25, 0.3) is 0 Å². The second-order valence-electron chi connectivity index (χ2n) is 6.44. The van der Waals surface area contributed by atoms with Gasteiger partial charge in [0, 0.05) is 25.5 Å². The lowest BCUT2D eigenvalue weighted by molar-refractivity contribution is -0.113. The average Bonchev–Trinajstić information content (AvgIpc) is 3.53. The molecule has 0 unspecified atom stereocenters. The van der Waals surface area contributed by atoms with E-state index in [1.165, 1.54) is 18.0 Å². The van der Waals surface area contributed by atoms with Crippen LogP contribution in [0.3, 0.4) is 0 Å². The Kier molecular flexibility index (Phi) is 6.18. The summed E-state index contributed by atoms with van der Waals surface area (Å²) >= 11 is 1.30. The van der Waals surface area contributed by atoms with Crippen LogP contribution in [0, 0.1) is 0 Å². The number of ether oxygens (including phenoxy) is 1. The number of rotatable bonds is 8. The van der Waals surface area contributed by atoms with Gasteiger partial charge in [-0.05, 0) is 24.3 Å². The van der Waals surface area contributed by atoms with Crippen LogP contribution in [0.4, 0.5) is 5.69 Å².